The molecule has 0 aromatic heterocycles. The van der Waals surface area contributed by atoms with Crippen molar-refractivity contribution in [3.8, 4) is 0 Å². The quantitative estimate of drug-likeness (QED) is 0.611. The van der Waals surface area contributed by atoms with E-state index in [9.17, 15) is 0 Å². The average Bonchev–Trinajstić information content (AvgIpc) is 1.90. The largest absolute Gasteiger partial charge is 0.396 e. The van der Waals surface area contributed by atoms with Crippen molar-refractivity contribution in [2.24, 2.45) is 5.92 Å². The molecule has 2 nitrogen and oxygen atoms in total. The average molecular weight is 146 g/mol. The fourth-order valence-electron chi connectivity index (χ4n) is 0.901. The minimum absolute atomic E-state index is 0.222. The van der Waals surface area contributed by atoms with E-state index in [1.54, 1.807) is 6.92 Å². The van der Waals surface area contributed by atoms with Crippen LogP contribution in [0.2, 0.25) is 0 Å². The van der Waals surface area contributed by atoms with Gasteiger partial charge in [0.15, 0.2) is 0 Å². The molecule has 0 aromatic carbocycles. The Morgan fingerprint density at radius 3 is 2.20 bits per heavy atom. The van der Waals surface area contributed by atoms with Gasteiger partial charge in [-0.3, -0.25) is 0 Å². The Bertz CT molecular complexity index is 67.7. The van der Waals surface area contributed by atoms with Crippen LogP contribution in [0.15, 0.2) is 0 Å². The van der Waals surface area contributed by atoms with Gasteiger partial charge in [0.05, 0.1) is 6.10 Å². The molecule has 2 N–H and O–H groups in total. The third kappa shape index (κ3) is 4.77. The van der Waals surface area contributed by atoms with Crippen molar-refractivity contribution in [1.29, 1.82) is 0 Å². The van der Waals surface area contributed by atoms with E-state index >= 15 is 0 Å². The van der Waals surface area contributed by atoms with Gasteiger partial charge in [0.1, 0.15) is 0 Å². The van der Waals surface area contributed by atoms with Gasteiger partial charge in [-0.2, -0.15) is 0 Å². The number of aliphatic hydroxyl groups excluding tert-OH is 2. The molecule has 0 bridgehead atoms. The highest BCUT2D eigenvalue weighted by atomic mass is 16.3. The first kappa shape index (κ1) is 9.92. The fraction of sp³-hybridized carbons (Fsp3) is 1.00. The summed E-state index contributed by atoms with van der Waals surface area (Å²) in [5, 5.41) is 17.7. The minimum Gasteiger partial charge on any atom is -0.396 e. The van der Waals surface area contributed by atoms with E-state index < -0.39 is 0 Å². The zero-order chi connectivity index (χ0) is 7.98. The van der Waals surface area contributed by atoms with Gasteiger partial charge in [-0.1, -0.05) is 13.3 Å². The Labute approximate surface area is 62.9 Å². The van der Waals surface area contributed by atoms with Gasteiger partial charge >= 0.3 is 0 Å². The summed E-state index contributed by atoms with van der Waals surface area (Å²) in [7, 11) is 0. The van der Waals surface area contributed by atoms with Crippen molar-refractivity contribution in [2.75, 3.05) is 6.61 Å². The van der Waals surface area contributed by atoms with E-state index in [-0.39, 0.29) is 12.7 Å². The molecule has 2 atom stereocenters. The van der Waals surface area contributed by atoms with Crippen molar-refractivity contribution < 1.29 is 10.2 Å². The van der Waals surface area contributed by atoms with Gasteiger partial charge in [0.2, 0.25) is 0 Å². The van der Waals surface area contributed by atoms with Crippen molar-refractivity contribution in [2.45, 2.75) is 39.2 Å². The summed E-state index contributed by atoms with van der Waals surface area (Å²) in [6, 6.07) is 0. The van der Waals surface area contributed by atoms with E-state index in [0.29, 0.717) is 5.92 Å². The first-order chi connectivity index (χ1) is 4.70. The molecule has 0 saturated carbocycles. The van der Waals surface area contributed by atoms with Crippen LogP contribution in [0.3, 0.4) is 0 Å². The van der Waals surface area contributed by atoms with Gasteiger partial charge in [-0.15, -0.1) is 0 Å². The van der Waals surface area contributed by atoms with Crippen LogP contribution in [0.5, 0.6) is 0 Å². The predicted octanol–water partition coefficient (Wildman–Crippen LogP) is 1.17. The minimum atomic E-state index is -0.222. The van der Waals surface area contributed by atoms with Crippen LogP contribution in [0, 0.1) is 5.92 Å². The van der Waals surface area contributed by atoms with Crippen molar-refractivity contribution >= 4 is 0 Å². The summed E-state index contributed by atoms with van der Waals surface area (Å²) < 4.78 is 0. The second kappa shape index (κ2) is 5.69. The standard InChI is InChI=1S/C8H18O2/c1-3-8(6-9)5-4-7(2)10/h7-10H,3-6H2,1-2H3. The van der Waals surface area contributed by atoms with Gasteiger partial charge in [0, 0.05) is 6.61 Å². The smallest absolute Gasteiger partial charge is 0.0512 e. The lowest BCUT2D eigenvalue weighted by atomic mass is 10.00. The highest BCUT2D eigenvalue weighted by Crippen LogP contribution is 2.10. The number of aliphatic hydroxyl groups is 2. The Kier molecular flexibility index (Phi) is 5.64. The van der Waals surface area contributed by atoms with Crippen LogP contribution in [0.4, 0.5) is 0 Å². The summed E-state index contributed by atoms with van der Waals surface area (Å²) in [6.45, 7) is 4.09. The molecule has 62 valence electrons. The Hall–Kier alpha value is -0.0800. The van der Waals surface area contributed by atoms with Gasteiger partial charge in [-0.25, -0.2) is 0 Å². The first-order valence-electron chi connectivity index (χ1n) is 3.99. The molecule has 0 aliphatic carbocycles. The number of hydrogen-bond donors (Lipinski definition) is 2. The lowest BCUT2D eigenvalue weighted by molar-refractivity contribution is 0.154. The van der Waals surface area contributed by atoms with E-state index in [1.165, 1.54) is 0 Å². The maximum absolute atomic E-state index is 8.91. The second-order valence-corrected chi connectivity index (χ2v) is 2.88. The molecule has 0 saturated heterocycles. The highest BCUT2D eigenvalue weighted by Gasteiger charge is 2.05. The molecule has 0 aliphatic rings. The molecule has 0 radical (unpaired) electrons. The number of rotatable bonds is 5. The van der Waals surface area contributed by atoms with E-state index in [1.807, 2.05) is 0 Å². The van der Waals surface area contributed by atoms with E-state index in [0.717, 1.165) is 19.3 Å². The predicted molar refractivity (Wildman–Crippen MR) is 41.8 cm³/mol. The maximum atomic E-state index is 8.91. The molecule has 0 spiro atoms. The maximum Gasteiger partial charge on any atom is 0.0512 e. The Morgan fingerprint density at radius 2 is 1.90 bits per heavy atom. The molecule has 0 heterocycles. The van der Waals surface area contributed by atoms with Crippen LogP contribution < -0.4 is 0 Å². The third-order valence-corrected chi connectivity index (χ3v) is 1.83. The van der Waals surface area contributed by atoms with Gasteiger partial charge in [-0.05, 0) is 25.7 Å². The van der Waals surface area contributed by atoms with E-state index in [2.05, 4.69) is 6.92 Å². The molecule has 2 heteroatoms. The van der Waals surface area contributed by atoms with Gasteiger partial charge < -0.3 is 10.2 Å². The molecule has 0 fully saturated rings. The summed E-state index contributed by atoms with van der Waals surface area (Å²) in [5.41, 5.74) is 0. The summed E-state index contributed by atoms with van der Waals surface area (Å²) in [6.07, 6.45) is 2.52. The molecule has 0 amide bonds. The van der Waals surface area contributed by atoms with Crippen LogP contribution in [-0.4, -0.2) is 22.9 Å². The zero-order valence-electron chi connectivity index (χ0n) is 6.88. The topological polar surface area (TPSA) is 40.5 Å². The van der Waals surface area contributed by atoms with Crippen LogP contribution in [-0.2, 0) is 0 Å². The van der Waals surface area contributed by atoms with Crippen molar-refractivity contribution in [3.63, 3.8) is 0 Å². The normalized spacial score (nSPS) is 16.8. The summed E-state index contributed by atoms with van der Waals surface area (Å²) >= 11 is 0. The van der Waals surface area contributed by atoms with Gasteiger partial charge in [0.25, 0.3) is 0 Å². The molecule has 0 aliphatic heterocycles. The van der Waals surface area contributed by atoms with E-state index in [4.69, 9.17) is 10.2 Å². The fourth-order valence-corrected chi connectivity index (χ4v) is 0.901. The van der Waals surface area contributed by atoms with Crippen LogP contribution in [0.1, 0.15) is 33.1 Å². The number of hydrogen-bond acceptors (Lipinski definition) is 2. The molecular formula is C8H18O2. The first-order valence-corrected chi connectivity index (χ1v) is 3.99. The Morgan fingerprint density at radius 1 is 1.30 bits per heavy atom. The molecule has 0 aromatic rings. The molecule has 10 heavy (non-hydrogen) atoms. The lowest BCUT2D eigenvalue weighted by Crippen LogP contribution is -2.08. The van der Waals surface area contributed by atoms with Crippen LogP contribution in [0.25, 0.3) is 0 Å². The van der Waals surface area contributed by atoms with Crippen molar-refractivity contribution in [1.82, 2.24) is 0 Å². The second-order valence-electron chi connectivity index (χ2n) is 2.88. The summed E-state index contributed by atoms with van der Waals surface area (Å²) in [4.78, 5) is 0. The molecule has 0 rings (SSSR count). The lowest BCUT2D eigenvalue weighted by Gasteiger charge is -2.11. The summed E-state index contributed by atoms with van der Waals surface area (Å²) in [5.74, 6) is 0.384. The molecule has 2 unspecified atom stereocenters. The van der Waals surface area contributed by atoms with Crippen molar-refractivity contribution in [3.05, 3.63) is 0 Å². The monoisotopic (exact) mass is 146 g/mol. The third-order valence-electron chi connectivity index (χ3n) is 1.83. The zero-order valence-corrected chi connectivity index (χ0v) is 6.88. The Balaban J connectivity index is 3.26. The highest BCUT2D eigenvalue weighted by molar-refractivity contribution is 4.57. The molecular weight excluding hydrogens is 128 g/mol. The van der Waals surface area contributed by atoms with Crippen LogP contribution >= 0.6 is 0 Å². The SMILES string of the molecule is CCC(CO)CCC(C)O.